The van der Waals surface area contributed by atoms with Crippen molar-refractivity contribution < 1.29 is 22.7 Å². The predicted octanol–water partition coefficient (Wildman–Crippen LogP) is 6.10. The van der Waals surface area contributed by atoms with Crippen LogP contribution in [0.25, 0.3) is 0 Å². The van der Waals surface area contributed by atoms with Gasteiger partial charge in [-0.15, -0.1) is 0 Å². The highest BCUT2D eigenvalue weighted by molar-refractivity contribution is 7.99. The number of ether oxygens (including phenoxy) is 1. The van der Waals surface area contributed by atoms with Gasteiger partial charge in [0.1, 0.15) is 5.75 Å². The second kappa shape index (κ2) is 9.53. The number of rotatable bonds is 6. The van der Waals surface area contributed by atoms with Crippen molar-refractivity contribution in [3.05, 3.63) is 107 Å². The molecule has 0 saturated heterocycles. The van der Waals surface area contributed by atoms with Crippen LogP contribution >= 0.6 is 11.8 Å². The number of nitrogens with zero attached hydrogens (tertiary/aromatic N) is 1. The van der Waals surface area contributed by atoms with Crippen LogP contribution in [-0.4, -0.2) is 27.3 Å². The van der Waals surface area contributed by atoms with Crippen LogP contribution in [0.15, 0.2) is 105 Å². The first-order valence-electron chi connectivity index (χ1n) is 11.5. The zero-order chi connectivity index (χ0) is 26.3. The van der Waals surface area contributed by atoms with E-state index >= 15 is 0 Å². The largest absolute Gasteiger partial charge is 0.495 e. The third-order valence-electron chi connectivity index (χ3n) is 6.34. The lowest BCUT2D eigenvalue weighted by atomic mass is 10.1. The number of anilines is 1. The minimum absolute atomic E-state index is 0.0406. The number of sulfone groups is 1. The highest BCUT2D eigenvalue weighted by Gasteiger charge is 2.39. The Labute approximate surface area is 219 Å². The molecule has 0 bridgehead atoms. The Morgan fingerprint density at radius 1 is 0.703 bits per heavy atom. The van der Waals surface area contributed by atoms with Crippen molar-refractivity contribution in [1.82, 2.24) is 0 Å². The van der Waals surface area contributed by atoms with Gasteiger partial charge < -0.3 is 4.74 Å². The summed E-state index contributed by atoms with van der Waals surface area (Å²) < 4.78 is 32.1. The fourth-order valence-corrected chi connectivity index (χ4v) is 6.36. The van der Waals surface area contributed by atoms with Crippen LogP contribution in [0.4, 0.5) is 5.69 Å². The Kier molecular flexibility index (Phi) is 6.39. The summed E-state index contributed by atoms with van der Waals surface area (Å²) in [5.74, 6) is -0.758. The molecule has 1 aliphatic heterocycles. The van der Waals surface area contributed by atoms with E-state index in [9.17, 15) is 18.0 Å². The molecule has 0 spiro atoms. The van der Waals surface area contributed by atoms with E-state index in [4.69, 9.17) is 4.74 Å². The second-order valence-electron chi connectivity index (χ2n) is 8.65. The molecule has 8 heteroatoms. The summed E-state index contributed by atoms with van der Waals surface area (Å²) in [4.78, 5) is 29.3. The van der Waals surface area contributed by atoms with Crippen molar-refractivity contribution in [1.29, 1.82) is 0 Å². The second-order valence-corrected chi connectivity index (χ2v) is 11.7. The van der Waals surface area contributed by atoms with Crippen molar-refractivity contribution in [2.45, 2.75) is 33.4 Å². The number of hydrogen-bond donors (Lipinski definition) is 0. The molecule has 1 heterocycles. The third kappa shape index (κ3) is 4.43. The fraction of sp³-hybridized carbons (Fsp3) is 0.103. The van der Waals surface area contributed by atoms with Crippen LogP contribution in [0, 0.1) is 13.8 Å². The van der Waals surface area contributed by atoms with E-state index in [-0.39, 0.29) is 20.9 Å². The van der Waals surface area contributed by atoms with Gasteiger partial charge in [0.05, 0.1) is 33.7 Å². The summed E-state index contributed by atoms with van der Waals surface area (Å²) in [5, 5.41) is 0. The van der Waals surface area contributed by atoms with E-state index in [1.54, 1.807) is 60.3 Å². The topological polar surface area (TPSA) is 80.8 Å². The molecule has 2 amide bonds. The molecule has 0 aromatic heterocycles. The fourth-order valence-electron chi connectivity index (χ4n) is 4.16. The number of carbonyl (C=O) groups is 2. The van der Waals surface area contributed by atoms with Gasteiger partial charge in [0.25, 0.3) is 11.8 Å². The van der Waals surface area contributed by atoms with E-state index in [1.165, 1.54) is 36.4 Å². The number of carbonyl (C=O) groups excluding carboxylic acids is 2. The van der Waals surface area contributed by atoms with Gasteiger partial charge in [-0.25, -0.2) is 13.3 Å². The third-order valence-corrected chi connectivity index (χ3v) is 9.11. The van der Waals surface area contributed by atoms with Crippen molar-refractivity contribution in [3.63, 3.8) is 0 Å². The van der Waals surface area contributed by atoms with Crippen LogP contribution in [0.5, 0.6) is 5.75 Å². The first-order valence-corrected chi connectivity index (χ1v) is 13.8. The molecule has 0 fully saturated rings. The zero-order valence-electron chi connectivity index (χ0n) is 20.4. The summed E-state index contributed by atoms with van der Waals surface area (Å²) in [5.41, 5.74) is 2.90. The van der Waals surface area contributed by atoms with Gasteiger partial charge in [0.2, 0.25) is 9.84 Å². The Balaban J connectivity index is 1.43. The van der Waals surface area contributed by atoms with Crippen LogP contribution in [-0.2, 0) is 9.84 Å². The molecular weight excluding hydrogens is 506 g/mol. The van der Waals surface area contributed by atoms with Crippen molar-refractivity contribution >= 4 is 39.1 Å². The Morgan fingerprint density at radius 2 is 1.35 bits per heavy atom. The lowest BCUT2D eigenvalue weighted by molar-refractivity contribution is 0.0925. The molecular formula is C29H23NO5S2. The van der Waals surface area contributed by atoms with Crippen molar-refractivity contribution in [2.24, 2.45) is 0 Å². The standard InChI is InChI=1S/C29H23NO5S2/c1-18-8-9-21(16-19(18)2)36-20-10-12-22(13-11-20)37(33,34)23-14-15-24-25(17-23)29(32)30(28(24)31)26-6-4-5-7-27(26)35-3/h4-17H,1-3H3. The van der Waals surface area contributed by atoms with Gasteiger partial charge in [0.15, 0.2) is 0 Å². The Bertz CT molecular complexity index is 1660. The molecule has 1 aliphatic rings. The number of amides is 2. The maximum atomic E-state index is 13.4. The van der Waals surface area contributed by atoms with Crippen LogP contribution in [0.2, 0.25) is 0 Å². The minimum atomic E-state index is -3.91. The molecule has 5 rings (SSSR count). The van der Waals surface area contributed by atoms with Gasteiger partial charge in [-0.2, -0.15) is 0 Å². The van der Waals surface area contributed by atoms with E-state index in [2.05, 4.69) is 26.0 Å². The summed E-state index contributed by atoms with van der Waals surface area (Å²) >= 11 is 1.55. The minimum Gasteiger partial charge on any atom is -0.495 e. The van der Waals surface area contributed by atoms with Crippen molar-refractivity contribution in [2.75, 3.05) is 12.0 Å². The van der Waals surface area contributed by atoms with Crippen LogP contribution in [0.1, 0.15) is 31.8 Å². The lowest BCUT2D eigenvalue weighted by Gasteiger charge is -2.16. The molecule has 0 unspecified atom stereocenters. The molecule has 6 nitrogen and oxygen atoms in total. The van der Waals surface area contributed by atoms with Gasteiger partial charge in [-0.1, -0.05) is 30.0 Å². The van der Waals surface area contributed by atoms with Gasteiger partial charge in [0, 0.05) is 9.79 Å². The summed E-state index contributed by atoms with van der Waals surface area (Å²) in [6, 6.07) is 23.5. The Hall–Kier alpha value is -3.88. The molecule has 186 valence electrons. The molecule has 0 N–H and O–H groups in total. The highest BCUT2D eigenvalue weighted by Crippen LogP contribution is 2.36. The molecule has 0 aliphatic carbocycles. The summed E-state index contributed by atoms with van der Waals surface area (Å²) in [7, 11) is -2.46. The molecule has 0 atom stereocenters. The number of imide groups is 1. The Morgan fingerprint density at radius 3 is 2.05 bits per heavy atom. The molecule has 4 aromatic carbocycles. The van der Waals surface area contributed by atoms with Crippen LogP contribution in [0.3, 0.4) is 0 Å². The molecule has 37 heavy (non-hydrogen) atoms. The zero-order valence-corrected chi connectivity index (χ0v) is 22.0. The first-order chi connectivity index (χ1) is 17.7. The quantitative estimate of drug-likeness (QED) is 0.281. The number of para-hydroxylation sites is 2. The average molecular weight is 530 g/mol. The summed E-state index contributed by atoms with van der Waals surface area (Å²) in [6.45, 7) is 4.11. The first kappa shape index (κ1) is 24.8. The van der Waals surface area contributed by atoms with E-state index in [0.29, 0.717) is 11.4 Å². The number of hydrogen-bond acceptors (Lipinski definition) is 6. The maximum Gasteiger partial charge on any atom is 0.266 e. The average Bonchev–Trinajstić information content (AvgIpc) is 3.15. The summed E-state index contributed by atoms with van der Waals surface area (Å²) in [6.07, 6.45) is 0. The van der Waals surface area contributed by atoms with Gasteiger partial charge >= 0.3 is 0 Å². The SMILES string of the molecule is COc1ccccc1N1C(=O)c2ccc(S(=O)(=O)c3ccc(Sc4ccc(C)c(C)c4)cc3)cc2C1=O. The number of benzene rings is 4. The molecule has 4 aromatic rings. The molecule has 0 radical (unpaired) electrons. The molecule has 0 saturated carbocycles. The van der Waals surface area contributed by atoms with E-state index < -0.39 is 21.7 Å². The maximum absolute atomic E-state index is 13.4. The van der Waals surface area contributed by atoms with E-state index in [0.717, 1.165) is 14.7 Å². The normalized spacial score (nSPS) is 13.1. The van der Waals surface area contributed by atoms with Crippen LogP contribution < -0.4 is 9.64 Å². The van der Waals surface area contributed by atoms with E-state index in [1.807, 2.05) is 6.07 Å². The predicted molar refractivity (Wildman–Crippen MR) is 143 cm³/mol. The number of aryl methyl sites for hydroxylation is 2. The van der Waals surface area contributed by atoms with Crippen molar-refractivity contribution in [3.8, 4) is 5.75 Å². The highest BCUT2D eigenvalue weighted by atomic mass is 32.2. The lowest BCUT2D eigenvalue weighted by Crippen LogP contribution is -2.29. The van der Waals surface area contributed by atoms with Gasteiger partial charge in [-0.05, 0) is 91.7 Å². The smallest absolute Gasteiger partial charge is 0.266 e. The number of fused-ring (bicyclic) bond motifs is 1. The number of methoxy groups -OCH3 is 1. The monoisotopic (exact) mass is 529 g/mol. The van der Waals surface area contributed by atoms with Gasteiger partial charge in [-0.3, -0.25) is 9.59 Å².